The number of carbonyl (C=O) groups is 1. The Kier molecular flexibility index (Phi) is 15.9. The molecule has 1 unspecified atom stereocenters. The molecule has 0 amide bonds. The average molecular weight is 329 g/mol. The second-order valence-electron chi connectivity index (χ2n) is 6.87. The van der Waals surface area contributed by atoms with Crippen molar-refractivity contribution in [2.75, 3.05) is 7.11 Å². The number of hydrogen-bond donors (Lipinski definition) is 0. The van der Waals surface area contributed by atoms with Crippen LogP contribution in [0, 0.1) is 0 Å². The van der Waals surface area contributed by atoms with Gasteiger partial charge in [0.05, 0.1) is 13.2 Å². The fraction of sp³-hybridized carbons (Fsp3) is 0.950. The SMILES string of the molecule is CCCCCCCCCCCCCCC(OC(C)C)C(=O)OC. The molecule has 0 rings (SSSR count). The lowest BCUT2D eigenvalue weighted by Crippen LogP contribution is -2.28. The van der Waals surface area contributed by atoms with E-state index in [1.807, 2.05) is 13.8 Å². The molecule has 23 heavy (non-hydrogen) atoms. The van der Waals surface area contributed by atoms with Crippen molar-refractivity contribution in [2.24, 2.45) is 0 Å². The Morgan fingerprint density at radius 1 is 0.783 bits per heavy atom. The highest BCUT2D eigenvalue weighted by Crippen LogP contribution is 2.14. The molecule has 3 nitrogen and oxygen atoms in total. The molecular formula is C20H40O3. The summed E-state index contributed by atoms with van der Waals surface area (Å²) in [7, 11) is 1.43. The van der Waals surface area contributed by atoms with E-state index in [0.29, 0.717) is 0 Å². The molecule has 1 atom stereocenters. The van der Waals surface area contributed by atoms with Crippen LogP contribution in [0.5, 0.6) is 0 Å². The smallest absolute Gasteiger partial charge is 0.334 e. The topological polar surface area (TPSA) is 35.5 Å². The van der Waals surface area contributed by atoms with Crippen LogP contribution in [0.1, 0.15) is 104 Å². The Morgan fingerprint density at radius 2 is 1.22 bits per heavy atom. The van der Waals surface area contributed by atoms with Gasteiger partial charge in [-0.25, -0.2) is 4.79 Å². The van der Waals surface area contributed by atoms with Gasteiger partial charge in [-0.3, -0.25) is 0 Å². The first-order valence-electron chi connectivity index (χ1n) is 9.85. The molecule has 0 aliphatic carbocycles. The predicted octanol–water partition coefficient (Wildman–Crippen LogP) is 6.04. The van der Waals surface area contributed by atoms with Crippen molar-refractivity contribution in [3.8, 4) is 0 Å². The highest BCUT2D eigenvalue weighted by Gasteiger charge is 2.20. The van der Waals surface area contributed by atoms with Gasteiger partial charge >= 0.3 is 5.97 Å². The zero-order valence-electron chi connectivity index (χ0n) is 16.1. The summed E-state index contributed by atoms with van der Waals surface area (Å²) in [6, 6.07) is 0. The number of carbonyl (C=O) groups excluding carboxylic acids is 1. The van der Waals surface area contributed by atoms with Crippen molar-refractivity contribution in [1.29, 1.82) is 0 Å². The summed E-state index contributed by atoms with van der Waals surface area (Å²) in [6.45, 7) is 6.18. The molecule has 0 aromatic heterocycles. The van der Waals surface area contributed by atoms with Gasteiger partial charge in [-0.1, -0.05) is 84.0 Å². The minimum absolute atomic E-state index is 0.0661. The molecule has 0 aromatic rings. The maximum Gasteiger partial charge on any atom is 0.334 e. The van der Waals surface area contributed by atoms with Crippen LogP contribution in [-0.4, -0.2) is 25.3 Å². The van der Waals surface area contributed by atoms with Crippen LogP contribution >= 0.6 is 0 Å². The van der Waals surface area contributed by atoms with Crippen molar-refractivity contribution >= 4 is 5.97 Å². The molecule has 0 fully saturated rings. The summed E-state index contributed by atoms with van der Waals surface area (Å²) >= 11 is 0. The second-order valence-corrected chi connectivity index (χ2v) is 6.87. The fourth-order valence-corrected chi connectivity index (χ4v) is 2.87. The summed E-state index contributed by atoms with van der Waals surface area (Å²) in [5.41, 5.74) is 0. The van der Waals surface area contributed by atoms with Gasteiger partial charge in [-0.05, 0) is 20.3 Å². The standard InChI is InChI=1S/C20H40O3/c1-5-6-7-8-9-10-11-12-13-14-15-16-17-19(20(21)22-4)23-18(2)3/h18-19H,5-17H2,1-4H3. The van der Waals surface area contributed by atoms with Crippen LogP contribution in [0.4, 0.5) is 0 Å². The first-order chi connectivity index (χ1) is 11.1. The van der Waals surface area contributed by atoms with Crippen LogP contribution in [-0.2, 0) is 14.3 Å². The number of methoxy groups -OCH3 is 1. The molecule has 0 N–H and O–H groups in total. The van der Waals surface area contributed by atoms with Crippen molar-refractivity contribution < 1.29 is 14.3 Å². The van der Waals surface area contributed by atoms with Crippen LogP contribution in [0.15, 0.2) is 0 Å². The van der Waals surface area contributed by atoms with E-state index >= 15 is 0 Å². The highest BCUT2D eigenvalue weighted by atomic mass is 16.6. The minimum Gasteiger partial charge on any atom is -0.467 e. The first-order valence-corrected chi connectivity index (χ1v) is 9.85. The van der Waals surface area contributed by atoms with Gasteiger partial charge in [0.15, 0.2) is 6.10 Å². The van der Waals surface area contributed by atoms with E-state index in [2.05, 4.69) is 6.92 Å². The number of rotatable bonds is 16. The van der Waals surface area contributed by atoms with E-state index in [1.165, 1.54) is 77.7 Å². The molecule has 3 heteroatoms. The third-order valence-electron chi connectivity index (χ3n) is 4.22. The Labute approximate surface area is 144 Å². The van der Waals surface area contributed by atoms with E-state index in [0.717, 1.165) is 12.8 Å². The maximum absolute atomic E-state index is 11.6. The van der Waals surface area contributed by atoms with Crippen molar-refractivity contribution in [3.05, 3.63) is 0 Å². The third kappa shape index (κ3) is 14.7. The Morgan fingerprint density at radius 3 is 1.61 bits per heavy atom. The Bertz CT molecular complexity index is 264. The Hall–Kier alpha value is -0.570. The summed E-state index contributed by atoms with van der Waals surface area (Å²) < 4.78 is 10.4. The molecule has 0 spiro atoms. The van der Waals surface area contributed by atoms with E-state index < -0.39 is 0 Å². The number of esters is 1. The maximum atomic E-state index is 11.6. The highest BCUT2D eigenvalue weighted by molar-refractivity contribution is 5.74. The van der Waals surface area contributed by atoms with E-state index in [4.69, 9.17) is 9.47 Å². The Balaban J connectivity index is 3.44. The van der Waals surface area contributed by atoms with Crippen LogP contribution in [0.2, 0.25) is 0 Å². The monoisotopic (exact) mass is 328 g/mol. The molecule has 0 aromatic carbocycles. The first kappa shape index (κ1) is 22.4. The molecule has 0 aliphatic heterocycles. The van der Waals surface area contributed by atoms with Gasteiger partial charge in [0, 0.05) is 0 Å². The largest absolute Gasteiger partial charge is 0.467 e. The van der Waals surface area contributed by atoms with Gasteiger partial charge in [0.25, 0.3) is 0 Å². The second kappa shape index (κ2) is 16.3. The van der Waals surface area contributed by atoms with Crippen molar-refractivity contribution in [1.82, 2.24) is 0 Å². The van der Waals surface area contributed by atoms with Crippen molar-refractivity contribution in [3.63, 3.8) is 0 Å². The van der Waals surface area contributed by atoms with E-state index in [9.17, 15) is 4.79 Å². The van der Waals surface area contributed by atoms with E-state index in [1.54, 1.807) is 0 Å². The molecular weight excluding hydrogens is 288 g/mol. The molecule has 0 saturated heterocycles. The number of hydrogen-bond acceptors (Lipinski definition) is 3. The summed E-state index contributed by atoms with van der Waals surface area (Å²) in [5.74, 6) is -0.234. The zero-order valence-corrected chi connectivity index (χ0v) is 16.1. The van der Waals surface area contributed by atoms with Crippen LogP contribution < -0.4 is 0 Å². The van der Waals surface area contributed by atoms with Gasteiger partial charge in [0.2, 0.25) is 0 Å². The summed E-state index contributed by atoms with van der Waals surface area (Å²) in [6.07, 6.45) is 16.4. The van der Waals surface area contributed by atoms with Gasteiger partial charge < -0.3 is 9.47 Å². The summed E-state index contributed by atoms with van der Waals surface area (Å²) in [4.78, 5) is 11.6. The lowest BCUT2D eigenvalue weighted by Gasteiger charge is -2.18. The van der Waals surface area contributed by atoms with Crippen molar-refractivity contribution in [2.45, 2.75) is 116 Å². The lowest BCUT2D eigenvalue weighted by molar-refractivity contribution is -0.157. The molecule has 138 valence electrons. The lowest BCUT2D eigenvalue weighted by atomic mass is 10.0. The fourth-order valence-electron chi connectivity index (χ4n) is 2.87. The van der Waals surface area contributed by atoms with Crippen LogP contribution in [0.25, 0.3) is 0 Å². The molecule has 0 bridgehead atoms. The van der Waals surface area contributed by atoms with Gasteiger partial charge in [-0.2, -0.15) is 0 Å². The molecule has 0 radical (unpaired) electrons. The van der Waals surface area contributed by atoms with Crippen LogP contribution in [0.3, 0.4) is 0 Å². The van der Waals surface area contributed by atoms with Gasteiger partial charge in [-0.15, -0.1) is 0 Å². The average Bonchev–Trinajstić information content (AvgIpc) is 2.53. The predicted molar refractivity (Wildman–Crippen MR) is 97.7 cm³/mol. The third-order valence-corrected chi connectivity index (χ3v) is 4.22. The number of ether oxygens (including phenoxy) is 2. The minimum atomic E-state index is -0.386. The number of unbranched alkanes of at least 4 members (excludes halogenated alkanes) is 11. The molecule has 0 saturated carbocycles. The zero-order chi connectivity index (χ0) is 17.3. The molecule has 0 heterocycles. The molecule has 0 aliphatic rings. The normalized spacial score (nSPS) is 12.6. The van der Waals surface area contributed by atoms with E-state index in [-0.39, 0.29) is 18.2 Å². The van der Waals surface area contributed by atoms with Gasteiger partial charge in [0.1, 0.15) is 0 Å². The quantitative estimate of drug-likeness (QED) is 0.256. The summed E-state index contributed by atoms with van der Waals surface area (Å²) in [5, 5.41) is 0.